The number of hydrogen-bond acceptors (Lipinski definition) is 2. The monoisotopic (exact) mass is 266 g/mol. The predicted octanol–water partition coefficient (Wildman–Crippen LogP) is 1.94. The van der Waals surface area contributed by atoms with E-state index in [-0.39, 0.29) is 29.4 Å². The summed E-state index contributed by atoms with van der Waals surface area (Å²) < 4.78 is 0. The van der Waals surface area contributed by atoms with Crippen LogP contribution in [-0.2, 0) is 9.59 Å². The first-order chi connectivity index (χ1) is 8.75. The SMILES string of the molecule is CC(C)CC1NC(=O)C(C)N(C(C)(C)C2CC2)C1=O. The van der Waals surface area contributed by atoms with Gasteiger partial charge in [-0.1, -0.05) is 13.8 Å². The molecule has 4 nitrogen and oxygen atoms in total. The molecule has 1 aliphatic carbocycles. The topological polar surface area (TPSA) is 49.4 Å². The van der Waals surface area contributed by atoms with Crippen LogP contribution in [0, 0.1) is 11.8 Å². The summed E-state index contributed by atoms with van der Waals surface area (Å²) in [5.41, 5.74) is -0.205. The summed E-state index contributed by atoms with van der Waals surface area (Å²) in [5.74, 6) is 1.02. The smallest absolute Gasteiger partial charge is 0.246 e. The summed E-state index contributed by atoms with van der Waals surface area (Å²) in [6.45, 7) is 10.2. The Hall–Kier alpha value is -1.06. The largest absolute Gasteiger partial charge is 0.343 e. The summed E-state index contributed by atoms with van der Waals surface area (Å²) in [4.78, 5) is 26.7. The molecule has 1 aliphatic heterocycles. The Morgan fingerprint density at radius 2 is 1.89 bits per heavy atom. The van der Waals surface area contributed by atoms with Crippen LogP contribution in [0.1, 0.15) is 53.9 Å². The number of carbonyl (C=O) groups is 2. The molecule has 108 valence electrons. The van der Waals surface area contributed by atoms with Crippen molar-refractivity contribution in [1.82, 2.24) is 10.2 Å². The Morgan fingerprint density at radius 1 is 1.32 bits per heavy atom. The van der Waals surface area contributed by atoms with Gasteiger partial charge in [-0.05, 0) is 51.9 Å². The molecule has 2 unspecified atom stereocenters. The molecule has 1 saturated heterocycles. The van der Waals surface area contributed by atoms with Crippen molar-refractivity contribution in [3.63, 3.8) is 0 Å². The van der Waals surface area contributed by atoms with Crippen LogP contribution < -0.4 is 5.32 Å². The number of amides is 2. The second-order valence-corrected chi connectivity index (χ2v) is 7.00. The summed E-state index contributed by atoms with van der Waals surface area (Å²) in [5, 5.41) is 2.88. The normalized spacial score (nSPS) is 28.8. The van der Waals surface area contributed by atoms with Crippen LogP contribution in [0.25, 0.3) is 0 Å². The van der Waals surface area contributed by atoms with Gasteiger partial charge in [0, 0.05) is 5.54 Å². The van der Waals surface area contributed by atoms with Gasteiger partial charge in [0.15, 0.2) is 0 Å². The lowest BCUT2D eigenvalue weighted by Gasteiger charge is -2.47. The van der Waals surface area contributed by atoms with Gasteiger partial charge < -0.3 is 10.2 Å². The van der Waals surface area contributed by atoms with E-state index in [1.807, 2.05) is 11.8 Å². The number of rotatable bonds is 4. The Labute approximate surface area is 115 Å². The van der Waals surface area contributed by atoms with Gasteiger partial charge in [0.25, 0.3) is 0 Å². The van der Waals surface area contributed by atoms with Crippen LogP contribution in [0.15, 0.2) is 0 Å². The summed E-state index contributed by atoms with van der Waals surface area (Å²) in [6, 6.07) is -0.701. The zero-order chi connectivity index (χ0) is 14.4. The zero-order valence-corrected chi connectivity index (χ0v) is 12.7. The molecule has 2 amide bonds. The van der Waals surface area contributed by atoms with Crippen molar-refractivity contribution in [2.75, 3.05) is 0 Å². The number of nitrogens with one attached hydrogen (secondary N) is 1. The zero-order valence-electron chi connectivity index (χ0n) is 12.7. The van der Waals surface area contributed by atoms with Crippen molar-refractivity contribution >= 4 is 11.8 Å². The van der Waals surface area contributed by atoms with E-state index < -0.39 is 0 Å². The number of hydrogen-bond donors (Lipinski definition) is 1. The summed E-state index contributed by atoms with van der Waals surface area (Å²) in [6.07, 6.45) is 3.05. The third-order valence-corrected chi connectivity index (χ3v) is 4.52. The highest BCUT2D eigenvalue weighted by molar-refractivity contribution is 5.97. The van der Waals surface area contributed by atoms with Crippen LogP contribution in [-0.4, -0.2) is 34.3 Å². The first-order valence-corrected chi connectivity index (χ1v) is 7.38. The van der Waals surface area contributed by atoms with Crippen molar-refractivity contribution in [1.29, 1.82) is 0 Å². The average Bonchev–Trinajstić information content (AvgIpc) is 3.08. The molecule has 1 saturated carbocycles. The fourth-order valence-corrected chi connectivity index (χ4v) is 3.23. The molecular formula is C15H26N2O2. The third-order valence-electron chi connectivity index (χ3n) is 4.52. The maximum Gasteiger partial charge on any atom is 0.246 e. The van der Waals surface area contributed by atoms with E-state index in [0.717, 1.165) is 0 Å². The highest BCUT2D eigenvalue weighted by Gasteiger charge is 2.50. The van der Waals surface area contributed by atoms with Crippen LogP contribution in [0.5, 0.6) is 0 Å². The maximum atomic E-state index is 12.7. The quantitative estimate of drug-likeness (QED) is 0.845. The van der Waals surface area contributed by atoms with Crippen LogP contribution in [0.4, 0.5) is 0 Å². The Kier molecular flexibility index (Phi) is 3.63. The maximum absolute atomic E-state index is 12.7. The van der Waals surface area contributed by atoms with Crippen molar-refractivity contribution < 1.29 is 9.59 Å². The molecule has 1 heterocycles. The van der Waals surface area contributed by atoms with Gasteiger partial charge in [-0.3, -0.25) is 9.59 Å². The summed E-state index contributed by atoms with van der Waals surface area (Å²) >= 11 is 0. The second kappa shape index (κ2) is 4.80. The Morgan fingerprint density at radius 3 is 2.37 bits per heavy atom. The molecule has 19 heavy (non-hydrogen) atoms. The lowest BCUT2D eigenvalue weighted by Crippen LogP contribution is -2.68. The standard InChI is InChI=1S/C15H26N2O2/c1-9(2)8-12-14(19)17(10(3)13(18)16-12)15(4,5)11-6-7-11/h9-12H,6-8H2,1-5H3,(H,16,18). The van der Waals surface area contributed by atoms with Crippen molar-refractivity contribution in [2.45, 2.75) is 71.5 Å². The molecule has 0 bridgehead atoms. The van der Waals surface area contributed by atoms with Gasteiger partial charge in [-0.2, -0.15) is 0 Å². The van der Waals surface area contributed by atoms with Crippen molar-refractivity contribution in [2.24, 2.45) is 11.8 Å². The van der Waals surface area contributed by atoms with E-state index in [0.29, 0.717) is 18.3 Å². The lowest BCUT2D eigenvalue weighted by atomic mass is 9.89. The molecule has 2 rings (SSSR count). The molecular weight excluding hydrogens is 240 g/mol. The molecule has 1 N–H and O–H groups in total. The third kappa shape index (κ3) is 2.63. The highest BCUT2D eigenvalue weighted by atomic mass is 16.2. The van der Waals surface area contributed by atoms with Gasteiger partial charge in [-0.15, -0.1) is 0 Å². The minimum Gasteiger partial charge on any atom is -0.343 e. The van der Waals surface area contributed by atoms with Crippen molar-refractivity contribution in [3.8, 4) is 0 Å². The number of nitrogens with zero attached hydrogens (tertiary/aromatic N) is 1. The van der Waals surface area contributed by atoms with Crippen LogP contribution in [0.3, 0.4) is 0 Å². The van der Waals surface area contributed by atoms with Gasteiger partial charge in [0.2, 0.25) is 11.8 Å². The Balaban J connectivity index is 2.23. The first-order valence-electron chi connectivity index (χ1n) is 7.38. The predicted molar refractivity (Wildman–Crippen MR) is 74.5 cm³/mol. The van der Waals surface area contributed by atoms with E-state index >= 15 is 0 Å². The van der Waals surface area contributed by atoms with Crippen molar-refractivity contribution in [3.05, 3.63) is 0 Å². The molecule has 2 atom stereocenters. The molecule has 0 radical (unpaired) electrons. The number of piperazine rings is 1. The fourth-order valence-electron chi connectivity index (χ4n) is 3.23. The van der Waals surface area contributed by atoms with E-state index in [1.54, 1.807) is 0 Å². The van der Waals surface area contributed by atoms with E-state index in [2.05, 4.69) is 33.0 Å². The van der Waals surface area contributed by atoms with Crippen LogP contribution in [0.2, 0.25) is 0 Å². The number of carbonyl (C=O) groups excluding carboxylic acids is 2. The minimum atomic E-state index is -0.355. The Bertz CT molecular complexity index is 386. The van der Waals surface area contributed by atoms with Crippen LogP contribution >= 0.6 is 0 Å². The minimum absolute atomic E-state index is 0.0148. The fraction of sp³-hybridized carbons (Fsp3) is 0.867. The van der Waals surface area contributed by atoms with Gasteiger partial charge in [0.1, 0.15) is 12.1 Å². The van der Waals surface area contributed by atoms with E-state index in [9.17, 15) is 9.59 Å². The van der Waals surface area contributed by atoms with Gasteiger partial charge in [0.05, 0.1) is 0 Å². The molecule has 4 heteroatoms. The van der Waals surface area contributed by atoms with E-state index in [4.69, 9.17) is 0 Å². The molecule has 0 spiro atoms. The molecule has 0 aromatic heterocycles. The average molecular weight is 266 g/mol. The molecule has 0 aromatic carbocycles. The molecule has 0 aromatic rings. The van der Waals surface area contributed by atoms with Gasteiger partial charge in [-0.25, -0.2) is 0 Å². The molecule has 2 fully saturated rings. The highest BCUT2D eigenvalue weighted by Crippen LogP contribution is 2.44. The van der Waals surface area contributed by atoms with Gasteiger partial charge >= 0.3 is 0 Å². The van der Waals surface area contributed by atoms with E-state index in [1.165, 1.54) is 12.8 Å². The lowest BCUT2D eigenvalue weighted by molar-refractivity contribution is -0.156. The first kappa shape index (κ1) is 14.4. The molecule has 2 aliphatic rings. The summed E-state index contributed by atoms with van der Waals surface area (Å²) in [7, 11) is 0. The second-order valence-electron chi connectivity index (χ2n) is 7.00.